The summed E-state index contributed by atoms with van der Waals surface area (Å²) in [6.45, 7) is -1.07. The standard InChI is InChI=1S/C32H39N3O5/c36-31(37)15-2-1-7-21-40-30-14-6-3-10-27(30)25-35(18-9-17-34-19-22-39-23-20-34)32(38)29-13-5-4-12-28(29)26-11-8-16-33-24-26/h3-6,8,10-14,16,24H,1-2,7,9,15,17-23,25H2,(H,36,37)/i9D2,18D2. The van der Waals surface area contributed by atoms with Gasteiger partial charge in [-0.05, 0) is 49.4 Å². The molecule has 1 aliphatic heterocycles. The number of nitrogens with zero attached hydrogens (tertiary/aromatic N) is 3. The molecule has 1 aromatic heterocycles. The number of carboxylic acid groups (broad SMARTS) is 1. The van der Waals surface area contributed by atoms with Crippen LogP contribution in [0.2, 0.25) is 0 Å². The zero-order valence-corrected chi connectivity index (χ0v) is 22.6. The van der Waals surface area contributed by atoms with Crippen LogP contribution in [0.5, 0.6) is 5.75 Å². The molecule has 1 amide bonds. The number of aliphatic carboxylic acids is 1. The second-order valence-electron chi connectivity index (χ2n) is 9.52. The lowest BCUT2D eigenvalue weighted by Gasteiger charge is -2.29. The number of hydrogen-bond donors (Lipinski definition) is 1. The van der Waals surface area contributed by atoms with Gasteiger partial charge in [0.15, 0.2) is 0 Å². The van der Waals surface area contributed by atoms with E-state index in [0.717, 1.165) is 4.90 Å². The lowest BCUT2D eigenvalue weighted by Crippen LogP contribution is -2.39. The van der Waals surface area contributed by atoms with E-state index in [2.05, 4.69) is 4.98 Å². The number of benzene rings is 2. The summed E-state index contributed by atoms with van der Waals surface area (Å²) in [6, 6.07) is 17.4. The summed E-state index contributed by atoms with van der Waals surface area (Å²) in [6.07, 6.45) is 2.75. The molecule has 2 heterocycles. The zero-order chi connectivity index (χ0) is 31.6. The van der Waals surface area contributed by atoms with Crippen molar-refractivity contribution in [2.75, 3.05) is 46.0 Å². The number of carboxylic acids is 1. The molecule has 1 aliphatic rings. The third-order valence-corrected chi connectivity index (χ3v) is 6.59. The molecule has 0 radical (unpaired) electrons. The van der Waals surface area contributed by atoms with Crippen molar-refractivity contribution in [1.82, 2.24) is 14.8 Å². The number of ether oxygens (including phenoxy) is 2. The van der Waals surface area contributed by atoms with E-state index in [0.29, 0.717) is 74.6 Å². The highest BCUT2D eigenvalue weighted by Crippen LogP contribution is 2.26. The second-order valence-corrected chi connectivity index (χ2v) is 9.52. The molecule has 1 fully saturated rings. The largest absolute Gasteiger partial charge is 0.493 e. The summed E-state index contributed by atoms with van der Waals surface area (Å²) in [5, 5.41) is 8.86. The molecule has 1 N–H and O–H groups in total. The Hall–Kier alpha value is -3.75. The average molecular weight is 550 g/mol. The van der Waals surface area contributed by atoms with E-state index in [1.807, 2.05) is 11.0 Å². The molecule has 40 heavy (non-hydrogen) atoms. The topological polar surface area (TPSA) is 92.2 Å². The van der Waals surface area contributed by atoms with Gasteiger partial charge in [-0.3, -0.25) is 19.5 Å². The fourth-order valence-electron chi connectivity index (χ4n) is 4.44. The fourth-order valence-corrected chi connectivity index (χ4v) is 4.44. The van der Waals surface area contributed by atoms with Gasteiger partial charge in [-0.2, -0.15) is 0 Å². The van der Waals surface area contributed by atoms with Crippen molar-refractivity contribution in [3.05, 3.63) is 84.2 Å². The SMILES string of the molecule is [2H]C([2H])(CN1CCOCC1)C([2H])([2H])N(Cc1ccccc1OCCCCCC(=O)O)C(=O)c1ccccc1-c1cccnc1. The summed E-state index contributed by atoms with van der Waals surface area (Å²) in [5.41, 5.74) is 1.99. The Morgan fingerprint density at radius 2 is 1.82 bits per heavy atom. The van der Waals surface area contributed by atoms with Crippen molar-refractivity contribution < 1.29 is 29.7 Å². The molecule has 0 bridgehead atoms. The number of amides is 1. The van der Waals surface area contributed by atoms with Gasteiger partial charge in [0, 0.05) is 73.7 Å². The van der Waals surface area contributed by atoms with Gasteiger partial charge in [0.1, 0.15) is 5.75 Å². The lowest BCUT2D eigenvalue weighted by atomic mass is 10.00. The first-order valence-electron chi connectivity index (χ1n) is 15.6. The van der Waals surface area contributed by atoms with E-state index in [9.17, 15) is 9.59 Å². The van der Waals surface area contributed by atoms with E-state index in [1.165, 1.54) is 0 Å². The first-order chi connectivity index (χ1) is 21.1. The average Bonchev–Trinajstić information content (AvgIpc) is 3.02. The van der Waals surface area contributed by atoms with Gasteiger partial charge in [-0.1, -0.05) is 42.5 Å². The molecule has 0 saturated carbocycles. The van der Waals surface area contributed by atoms with Crippen molar-refractivity contribution in [2.45, 2.75) is 38.6 Å². The molecule has 0 aliphatic carbocycles. The predicted octanol–water partition coefficient (Wildman–Crippen LogP) is 5.14. The molecule has 8 heteroatoms. The predicted molar refractivity (Wildman–Crippen MR) is 154 cm³/mol. The maximum atomic E-state index is 14.4. The highest BCUT2D eigenvalue weighted by Gasteiger charge is 2.22. The zero-order valence-electron chi connectivity index (χ0n) is 26.6. The van der Waals surface area contributed by atoms with Crippen LogP contribution >= 0.6 is 0 Å². The Morgan fingerprint density at radius 1 is 1.02 bits per heavy atom. The highest BCUT2D eigenvalue weighted by atomic mass is 16.5. The van der Waals surface area contributed by atoms with Crippen LogP contribution in [0.25, 0.3) is 11.1 Å². The van der Waals surface area contributed by atoms with Gasteiger partial charge in [0.2, 0.25) is 0 Å². The molecule has 0 unspecified atom stereocenters. The Kier molecular flexibility index (Phi) is 9.48. The lowest BCUT2D eigenvalue weighted by molar-refractivity contribution is -0.137. The van der Waals surface area contributed by atoms with Gasteiger partial charge in [0.05, 0.1) is 19.8 Å². The molecule has 2 aromatic carbocycles. The van der Waals surface area contributed by atoms with Crippen LogP contribution in [-0.4, -0.2) is 77.7 Å². The number of pyridine rings is 1. The molecular formula is C32H39N3O5. The molecule has 1 saturated heterocycles. The van der Waals surface area contributed by atoms with Crippen LogP contribution < -0.4 is 4.74 Å². The maximum Gasteiger partial charge on any atom is 0.303 e. The van der Waals surface area contributed by atoms with Gasteiger partial charge in [-0.15, -0.1) is 0 Å². The molecule has 0 atom stereocenters. The van der Waals surface area contributed by atoms with Gasteiger partial charge >= 0.3 is 5.97 Å². The Labute approximate surface area is 242 Å². The van der Waals surface area contributed by atoms with Crippen LogP contribution in [-0.2, 0) is 16.1 Å². The third kappa shape index (κ3) is 8.89. The number of carbonyl (C=O) groups excluding carboxylic acids is 1. The minimum atomic E-state index is -2.73. The van der Waals surface area contributed by atoms with E-state index in [4.69, 9.17) is 20.1 Å². The molecule has 212 valence electrons. The second kappa shape index (κ2) is 15.7. The third-order valence-electron chi connectivity index (χ3n) is 6.59. The van der Waals surface area contributed by atoms with Gasteiger partial charge < -0.3 is 19.5 Å². The monoisotopic (exact) mass is 549 g/mol. The van der Waals surface area contributed by atoms with Crippen LogP contribution in [0.1, 0.15) is 53.5 Å². The minimum Gasteiger partial charge on any atom is -0.493 e. The quantitative estimate of drug-likeness (QED) is 0.263. The summed E-state index contributed by atoms with van der Waals surface area (Å²) >= 11 is 0. The summed E-state index contributed by atoms with van der Waals surface area (Å²) in [7, 11) is 0. The van der Waals surface area contributed by atoms with Gasteiger partial charge in [-0.25, -0.2) is 0 Å². The van der Waals surface area contributed by atoms with Crippen molar-refractivity contribution >= 4 is 11.9 Å². The van der Waals surface area contributed by atoms with E-state index < -0.39 is 24.7 Å². The summed E-state index contributed by atoms with van der Waals surface area (Å²) < 4.78 is 47.6. The molecule has 0 spiro atoms. The van der Waals surface area contributed by atoms with Gasteiger partial charge in [0.25, 0.3) is 5.91 Å². The van der Waals surface area contributed by atoms with E-state index >= 15 is 0 Å². The van der Waals surface area contributed by atoms with E-state index in [1.54, 1.807) is 67.0 Å². The van der Waals surface area contributed by atoms with Crippen LogP contribution in [0, 0.1) is 0 Å². The summed E-state index contributed by atoms with van der Waals surface area (Å²) in [4.78, 5) is 32.2. The number of morpholine rings is 1. The molecule has 8 nitrogen and oxygen atoms in total. The fraction of sp³-hybridized carbons (Fsp3) is 0.406. The first-order valence-corrected chi connectivity index (χ1v) is 13.6. The highest BCUT2D eigenvalue weighted by molar-refractivity contribution is 6.00. The molecule has 4 rings (SSSR count). The smallest absolute Gasteiger partial charge is 0.303 e. The number of unbranched alkanes of at least 4 members (excludes halogenated alkanes) is 2. The molecule has 3 aromatic rings. The minimum absolute atomic E-state index is 0.0930. The number of rotatable bonds is 15. The Morgan fingerprint density at radius 3 is 2.62 bits per heavy atom. The maximum absolute atomic E-state index is 14.4. The van der Waals surface area contributed by atoms with Crippen LogP contribution in [0.4, 0.5) is 0 Å². The Balaban J connectivity index is 1.66. The van der Waals surface area contributed by atoms with Crippen molar-refractivity contribution in [2.24, 2.45) is 0 Å². The number of para-hydroxylation sites is 1. The van der Waals surface area contributed by atoms with E-state index in [-0.39, 0.29) is 25.1 Å². The van der Waals surface area contributed by atoms with Crippen molar-refractivity contribution in [3.63, 3.8) is 0 Å². The number of carbonyl (C=O) groups is 2. The van der Waals surface area contributed by atoms with Crippen molar-refractivity contribution in [3.8, 4) is 16.9 Å². The van der Waals surface area contributed by atoms with Crippen LogP contribution in [0.15, 0.2) is 73.1 Å². The first kappa shape index (κ1) is 24.1. The van der Waals surface area contributed by atoms with Crippen LogP contribution in [0.3, 0.4) is 0 Å². The number of hydrogen-bond acceptors (Lipinski definition) is 6. The Bertz CT molecular complexity index is 1390. The number of aromatic nitrogens is 1. The normalized spacial score (nSPS) is 15.8. The summed E-state index contributed by atoms with van der Waals surface area (Å²) in [5.74, 6) is -1.05. The molecular weight excluding hydrogens is 506 g/mol. The van der Waals surface area contributed by atoms with Crippen molar-refractivity contribution in [1.29, 1.82) is 0 Å².